The molecule has 1 aliphatic carbocycles. The average molecular weight is 354 g/mol. The lowest BCUT2D eigenvalue weighted by atomic mass is 9.70. The van der Waals surface area contributed by atoms with E-state index in [0.717, 1.165) is 5.75 Å². The van der Waals surface area contributed by atoms with E-state index in [0.29, 0.717) is 30.5 Å². The van der Waals surface area contributed by atoms with E-state index in [1.807, 2.05) is 4.57 Å². The minimum atomic E-state index is -0.278. The molecular formula is C21H26N2O3. The minimum absolute atomic E-state index is 0.122. The van der Waals surface area contributed by atoms with Gasteiger partial charge in [0.15, 0.2) is 6.10 Å². The molecule has 5 heteroatoms. The fourth-order valence-electron chi connectivity index (χ4n) is 4.15. The van der Waals surface area contributed by atoms with Gasteiger partial charge in [0.2, 0.25) is 0 Å². The number of ether oxygens (including phenoxy) is 2. The third-order valence-electron chi connectivity index (χ3n) is 5.51. The Labute approximate surface area is 154 Å². The molecule has 138 valence electrons. The largest absolute Gasteiger partial charge is 0.490 e. The average Bonchev–Trinajstić information content (AvgIpc) is 3.01. The standard InChI is InChI=1S/C21H26N2O3/c1-21(2)10-3-4-16(12-21)15-5-7-17(8-6-15)25-14-18-13-23-11-9-19(24)22-20(23)26-18/h5-9,11,16,18H,3-4,10,12-14H2,1-2H3/t16?,18-/m0/s1. The number of aromatic nitrogens is 2. The van der Waals surface area contributed by atoms with Gasteiger partial charge in [0.05, 0.1) is 6.54 Å². The van der Waals surface area contributed by atoms with Gasteiger partial charge in [0, 0.05) is 12.3 Å². The van der Waals surface area contributed by atoms with Crippen LogP contribution in [-0.2, 0) is 6.54 Å². The molecule has 2 aliphatic rings. The van der Waals surface area contributed by atoms with E-state index >= 15 is 0 Å². The number of rotatable bonds is 4. The molecule has 2 aromatic rings. The molecule has 0 radical (unpaired) electrons. The van der Waals surface area contributed by atoms with Crippen molar-refractivity contribution in [2.24, 2.45) is 5.41 Å². The number of hydrogen-bond donors (Lipinski definition) is 0. The number of nitrogens with zero attached hydrogens (tertiary/aromatic N) is 2. The predicted molar refractivity (Wildman–Crippen MR) is 99.8 cm³/mol. The second-order valence-corrected chi connectivity index (χ2v) is 8.28. The predicted octanol–water partition coefficient (Wildman–Crippen LogP) is 3.77. The Morgan fingerprint density at radius 2 is 2.08 bits per heavy atom. The molecule has 5 nitrogen and oxygen atoms in total. The first-order valence-corrected chi connectivity index (χ1v) is 9.45. The molecule has 2 heterocycles. The van der Waals surface area contributed by atoms with Crippen molar-refractivity contribution in [3.05, 3.63) is 52.4 Å². The first-order valence-electron chi connectivity index (χ1n) is 9.45. The molecule has 1 saturated carbocycles. The van der Waals surface area contributed by atoms with Crippen molar-refractivity contribution in [2.75, 3.05) is 6.61 Å². The Kier molecular flexibility index (Phi) is 4.47. The Morgan fingerprint density at radius 3 is 2.85 bits per heavy atom. The van der Waals surface area contributed by atoms with Crippen LogP contribution in [0.3, 0.4) is 0 Å². The molecule has 0 bridgehead atoms. The normalized spacial score (nSPS) is 23.9. The molecule has 0 spiro atoms. The Hall–Kier alpha value is -2.30. The lowest BCUT2D eigenvalue weighted by molar-refractivity contribution is 0.143. The SMILES string of the molecule is CC1(C)CCCC(c2ccc(OC[C@@H]3Cn4ccc(=O)nc4O3)cc2)C1. The summed E-state index contributed by atoms with van der Waals surface area (Å²) < 4.78 is 13.4. The lowest BCUT2D eigenvalue weighted by Gasteiger charge is -2.35. The summed E-state index contributed by atoms with van der Waals surface area (Å²) in [5.41, 5.74) is 1.58. The summed E-state index contributed by atoms with van der Waals surface area (Å²) in [6.45, 7) is 5.84. The molecule has 1 fully saturated rings. The molecule has 0 saturated heterocycles. The van der Waals surface area contributed by atoms with Crippen LogP contribution in [0.1, 0.15) is 51.0 Å². The molecule has 2 atom stereocenters. The zero-order valence-electron chi connectivity index (χ0n) is 15.5. The van der Waals surface area contributed by atoms with Crippen molar-refractivity contribution >= 4 is 0 Å². The fraction of sp³-hybridized carbons (Fsp3) is 0.524. The lowest BCUT2D eigenvalue weighted by Crippen LogP contribution is -2.23. The van der Waals surface area contributed by atoms with Crippen LogP contribution in [0.15, 0.2) is 41.3 Å². The van der Waals surface area contributed by atoms with Crippen molar-refractivity contribution in [1.82, 2.24) is 9.55 Å². The van der Waals surface area contributed by atoms with Gasteiger partial charge < -0.3 is 9.47 Å². The van der Waals surface area contributed by atoms with Crippen LogP contribution < -0.4 is 15.0 Å². The second kappa shape index (κ2) is 6.78. The summed E-state index contributed by atoms with van der Waals surface area (Å²) >= 11 is 0. The van der Waals surface area contributed by atoms with Crippen molar-refractivity contribution in [3.63, 3.8) is 0 Å². The van der Waals surface area contributed by atoms with Crippen LogP contribution in [0.5, 0.6) is 11.8 Å². The van der Waals surface area contributed by atoms with Gasteiger partial charge in [0.1, 0.15) is 12.4 Å². The Balaban J connectivity index is 1.33. The fourth-order valence-corrected chi connectivity index (χ4v) is 4.15. The van der Waals surface area contributed by atoms with Gasteiger partial charge in [-0.2, -0.15) is 4.98 Å². The van der Waals surface area contributed by atoms with Gasteiger partial charge in [-0.15, -0.1) is 0 Å². The summed E-state index contributed by atoms with van der Waals surface area (Å²) in [6.07, 6.45) is 6.77. The molecule has 1 aromatic carbocycles. The van der Waals surface area contributed by atoms with Crippen molar-refractivity contribution in [2.45, 2.75) is 58.1 Å². The maximum absolute atomic E-state index is 11.3. The summed E-state index contributed by atoms with van der Waals surface area (Å²) in [7, 11) is 0. The molecular weight excluding hydrogens is 328 g/mol. The van der Waals surface area contributed by atoms with Gasteiger partial charge in [-0.3, -0.25) is 9.36 Å². The van der Waals surface area contributed by atoms with Crippen LogP contribution in [-0.4, -0.2) is 22.3 Å². The van der Waals surface area contributed by atoms with Crippen molar-refractivity contribution < 1.29 is 9.47 Å². The highest BCUT2D eigenvalue weighted by molar-refractivity contribution is 5.30. The van der Waals surface area contributed by atoms with Crippen LogP contribution in [0.4, 0.5) is 0 Å². The Morgan fingerprint density at radius 1 is 1.27 bits per heavy atom. The molecule has 4 rings (SSSR count). The van der Waals surface area contributed by atoms with E-state index in [4.69, 9.17) is 9.47 Å². The summed E-state index contributed by atoms with van der Waals surface area (Å²) in [6, 6.07) is 10.3. The highest BCUT2D eigenvalue weighted by atomic mass is 16.6. The minimum Gasteiger partial charge on any atom is -0.490 e. The molecule has 0 amide bonds. The van der Waals surface area contributed by atoms with Crippen LogP contribution in [0.25, 0.3) is 0 Å². The van der Waals surface area contributed by atoms with Gasteiger partial charge in [-0.25, -0.2) is 0 Å². The van der Waals surface area contributed by atoms with Crippen molar-refractivity contribution in [3.8, 4) is 11.8 Å². The maximum atomic E-state index is 11.3. The van der Waals surface area contributed by atoms with Crippen LogP contribution >= 0.6 is 0 Å². The van der Waals surface area contributed by atoms with Gasteiger partial charge in [-0.1, -0.05) is 32.4 Å². The summed E-state index contributed by atoms with van der Waals surface area (Å²) in [5.74, 6) is 1.51. The van der Waals surface area contributed by atoms with Crippen molar-refractivity contribution in [1.29, 1.82) is 0 Å². The van der Waals surface area contributed by atoms with Gasteiger partial charge in [0.25, 0.3) is 11.6 Å². The third kappa shape index (κ3) is 3.76. The van der Waals surface area contributed by atoms with E-state index in [9.17, 15) is 4.79 Å². The van der Waals surface area contributed by atoms with E-state index in [2.05, 4.69) is 43.1 Å². The smallest absolute Gasteiger partial charge is 0.300 e. The van der Waals surface area contributed by atoms with Gasteiger partial charge >= 0.3 is 0 Å². The number of fused-ring (bicyclic) bond motifs is 1. The molecule has 1 aliphatic heterocycles. The maximum Gasteiger partial charge on any atom is 0.300 e. The van der Waals surface area contributed by atoms with Gasteiger partial charge in [-0.05, 0) is 48.3 Å². The number of hydrogen-bond acceptors (Lipinski definition) is 4. The van der Waals surface area contributed by atoms with E-state index in [-0.39, 0.29) is 11.7 Å². The first kappa shape index (κ1) is 17.1. The molecule has 26 heavy (non-hydrogen) atoms. The quantitative estimate of drug-likeness (QED) is 0.839. The van der Waals surface area contributed by atoms with Crippen LogP contribution in [0.2, 0.25) is 0 Å². The summed E-state index contributed by atoms with van der Waals surface area (Å²) in [4.78, 5) is 15.1. The van der Waals surface area contributed by atoms with E-state index in [1.54, 1.807) is 6.20 Å². The monoisotopic (exact) mass is 354 g/mol. The zero-order chi connectivity index (χ0) is 18.1. The topological polar surface area (TPSA) is 53.4 Å². The zero-order valence-corrected chi connectivity index (χ0v) is 15.5. The molecule has 1 aromatic heterocycles. The van der Waals surface area contributed by atoms with E-state index < -0.39 is 0 Å². The molecule has 1 unspecified atom stereocenters. The number of benzene rings is 1. The van der Waals surface area contributed by atoms with E-state index in [1.165, 1.54) is 37.3 Å². The highest BCUT2D eigenvalue weighted by Gasteiger charge is 2.29. The second-order valence-electron chi connectivity index (χ2n) is 8.28. The highest BCUT2D eigenvalue weighted by Crippen LogP contribution is 2.43. The third-order valence-corrected chi connectivity index (χ3v) is 5.51. The molecule has 0 N–H and O–H groups in total. The summed E-state index contributed by atoms with van der Waals surface area (Å²) in [5, 5.41) is 0. The first-order chi connectivity index (χ1) is 12.5. The Bertz CT molecular complexity index is 826. The van der Waals surface area contributed by atoms with Crippen LogP contribution in [0, 0.1) is 5.41 Å².